The van der Waals surface area contributed by atoms with Crippen molar-refractivity contribution in [1.29, 1.82) is 0 Å². The molecule has 0 saturated heterocycles. The Bertz CT molecular complexity index is 992. The molecule has 0 fully saturated rings. The fourth-order valence-electron chi connectivity index (χ4n) is 4.33. The van der Waals surface area contributed by atoms with Gasteiger partial charge in [0, 0.05) is 26.0 Å². The van der Waals surface area contributed by atoms with E-state index in [2.05, 4.69) is 34.9 Å². The summed E-state index contributed by atoms with van der Waals surface area (Å²) in [5, 5.41) is 14.6. The summed E-state index contributed by atoms with van der Waals surface area (Å²) in [5.74, 6) is -1.30. The van der Waals surface area contributed by atoms with Crippen molar-refractivity contribution in [1.82, 2.24) is 10.6 Å². The Kier molecular flexibility index (Phi) is 9.25. The van der Waals surface area contributed by atoms with Crippen LogP contribution < -0.4 is 10.6 Å². The van der Waals surface area contributed by atoms with E-state index in [0.29, 0.717) is 18.8 Å². The number of carboxylic acid groups (broad SMARTS) is 1. The molecule has 3 N–H and O–H groups in total. The Morgan fingerprint density at radius 2 is 1.54 bits per heavy atom. The Hall–Kier alpha value is -3.39. The molecule has 0 radical (unpaired) electrons. The van der Waals surface area contributed by atoms with E-state index in [1.165, 1.54) is 7.11 Å². The summed E-state index contributed by atoms with van der Waals surface area (Å²) < 4.78 is 10.7. The first-order chi connectivity index (χ1) is 16.8. The van der Waals surface area contributed by atoms with E-state index in [4.69, 9.17) is 9.47 Å². The van der Waals surface area contributed by atoms with Crippen molar-refractivity contribution in [2.75, 3.05) is 20.3 Å². The lowest BCUT2D eigenvalue weighted by molar-refractivity contribution is -0.144. The van der Waals surface area contributed by atoms with Crippen LogP contribution in [0.2, 0.25) is 0 Å². The normalized spacial score (nSPS) is 14.1. The molecule has 188 valence electrons. The molecule has 0 spiro atoms. The van der Waals surface area contributed by atoms with Gasteiger partial charge in [0.05, 0.1) is 0 Å². The van der Waals surface area contributed by atoms with Gasteiger partial charge in [-0.25, -0.2) is 9.59 Å². The number of methoxy groups -OCH3 is 1. The molecule has 0 heterocycles. The van der Waals surface area contributed by atoms with Crippen molar-refractivity contribution >= 4 is 18.0 Å². The van der Waals surface area contributed by atoms with E-state index in [0.717, 1.165) is 22.3 Å². The van der Waals surface area contributed by atoms with E-state index in [-0.39, 0.29) is 25.5 Å². The number of carbonyl (C=O) groups excluding carboxylic acids is 2. The van der Waals surface area contributed by atoms with Crippen LogP contribution in [0, 0.1) is 5.92 Å². The number of aliphatic carboxylic acids is 1. The lowest BCUT2D eigenvalue weighted by Crippen LogP contribution is -2.47. The summed E-state index contributed by atoms with van der Waals surface area (Å²) in [6.07, 6.45) is -0.263. The number of benzene rings is 2. The van der Waals surface area contributed by atoms with Gasteiger partial charge in [-0.3, -0.25) is 4.79 Å². The molecule has 35 heavy (non-hydrogen) atoms. The summed E-state index contributed by atoms with van der Waals surface area (Å²) in [5.41, 5.74) is 4.56. The maximum atomic E-state index is 12.5. The molecule has 1 aliphatic carbocycles. The van der Waals surface area contributed by atoms with E-state index in [1.807, 2.05) is 38.1 Å². The molecule has 1 aliphatic rings. The smallest absolute Gasteiger partial charge is 0.407 e. The van der Waals surface area contributed by atoms with Crippen LogP contribution in [0.25, 0.3) is 11.1 Å². The second-order valence-electron chi connectivity index (χ2n) is 9.14. The van der Waals surface area contributed by atoms with Crippen LogP contribution in [0.3, 0.4) is 0 Å². The standard InChI is InChI=1S/C27H34N2O6/c1-17(2)12-13-23(26(31)32)29-25(30)24(34-3)14-15-28-27(33)35-16-22-20-10-6-4-8-18(20)19-9-5-7-11-21(19)22/h4-11,17,22-24H,12-16H2,1-3H3,(H,28,33)(H,29,30)(H,31,32). The summed E-state index contributed by atoms with van der Waals surface area (Å²) in [6, 6.07) is 15.2. The van der Waals surface area contributed by atoms with Crippen molar-refractivity contribution in [3.05, 3.63) is 59.7 Å². The zero-order chi connectivity index (χ0) is 25.4. The maximum absolute atomic E-state index is 12.5. The molecule has 0 aliphatic heterocycles. The van der Waals surface area contributed by atoms with Gasteiger partial charge in [0.25, 0.3) is 0 Å². The number of carbonyl (C=O) groups is 3. The Labute approximate surface area is 206 Å². The van der Waals surface area contributed by atoms with Crippen molar-refractivity contribution in [2.24, 2.45) is 5.92 Å². The lowest BCUT2D eigenvalue weighted by Gasteiger charge is -2.20. The predicted molar refractivity (Wildman–Crippen MR) is 132 cm³/mol. The molecule has 2 amide bonds. The number of fused-ring (bicyclic) bond motifs is 3. The van der Waals surface area contributed by atoms with Gasteiger partial charge in [-0.1, -0.05) is 62.4 Å². The van der Waals surface area contributed by atoms with Gasteiger partial charge >= 0.3 is 12.1 Å². The average molecular weight is 483 g/mol. The number of ether oxygens (including phenoxy) is 2. The third-order valence-electron chi connectivity index (χ3n) is 6.24. The molecule has 2 aromatic carbocycles. The minimum Gasteiger partial charge on any atom is -0.480 e. The number of hydrogen-bond donors (Lipinski definition) is 3. The summed E-state index contributed by atoms with van der Waals surface area (Å²) in [6.45, 7) is 4.33. The molecule has 8 nitrogen and oxygen atoms in total. The van der Waals surface area contributed by atoms with E-state index < -0.39 is 30.1 Å². The zero-order valence-corrected chi connectivity index (χ0v) is 20.5. The number of nitrogens with one attached hydrogen (secondary N) is 2. The molecule has 2 aromatic rings. The second-order valence-corrected chi connectivity index (χ2v) is 9.14. The van der Waals surface area contributed by atoms with E-state index in [1.54, 1.807) is 0 Å². The molecule has 8 heteroatoms. The van der Waals surface area contributed by atoms with Crippen LogP contribution in [0.1, 0.15) is 50.2 Å². The number of rotatable bonds is 12. The fourth-order valence-corrected chi connectivity index (χ4v) is 4.33. The van der Waals surface area contributed by atoms with Gasteiger partial charge in [0.2, 0.25) is 5.91 Å². The number of amides is 2. The minimum atomic E-state index is -1.08. The van der Waals surface area contributed by atoms with Gasteiger partial charge in [-0.2, -0.15) is 0 Å². The van der Waals surface area contributed by atoms with Crippen molar-refractivity contribution < 1.29 is 29.0 Å². The van der Waals surface area contributed by atoms with Crippen molar-refractivity contribution in [3.63, 3.8) is 0 Å². The Morgan fingerprint density at radius 1 is 0.943 bits per heavy atom. The number of hydrogen-bond acceptors (Lipinski definition) is 5. The van der Waals surface area contributed by atoms with Crippen LogP contribution in [0.5, 0.6) is 0 Å². The lowest BCUT2D eigenvalue weighted by atomic mass is 9.98. The summed E-state index contributed by atoms with van der Waals surface area (Å²) in [4.78, 5) is 36.3. The highest BCUT2D eigenvalue weighted by molar-refractivity contribution is 5.86. The predicted octanol–water partition coefficient (Wildman–Crippen LogP) is 3.94. The maximum Gasteiger partial charge on any atom is 0.407 e. The quantitative estimate of drug-likeness (QED) is 0.422. The molecule has 0 aromatic heterocycles. The first kappa shape index (κ1) is 26.2. The molecular weight excluding hydrogens is 448 g/mol. The van der Waals surface area contributed by atoms with E-state index in [9.17, 15) is 19.5 Å². The molecule has 2 unspecified atom stereocenters. The summed E-state index contributed by atoms with van der Waals surface area (Å²) >= 11 is 0. The van der Waals surface area contributed by atoms with Gasteiger partial charge < -0.3 is 25.2 Å². The molecule has 0 bridgehead atoms. The SMILES string of the molecule is COC(CCNC(=O)OCC1c2ccccc2-c2ccccc21)C(=O)NC(CCC(C)C)C(=O)O. The fraction of sp³-hybridized carbons (Fsp3) is 0.444. The summed E-state index contributed by atoms with van der Waals surface area (Å²) in [7, 11) is 1.38. The largest absolute Gasteiger partial charge is 0.480 e. The van der Waals surface area contributed by atoms with E-state index >= 15 is 0 Å². The highest BCUT2D eigenvalue weighted by Crippen LogP contribution is 2.44. The average Bonchev–Trinajstić information content (AvgIpc) is 3.16. The second kappa shape index (κ2) is 12.4. The van der Waals surface area contributed by atoms with Gasteiger partial charge in [0.1, 0.15) is 18.8 Å². The van der Waals surface area contributed by atoms with Gasteiger partial charge in [0.15, 0.2) is 0 Å². The zero-order valence-electron chi connectivity index (χ0n) is 20.5. The molecule has 3 rings (SSSR count). The first-order valence-corrected chi connectivity index (χ1v) is 12.0. The van der Waals surface area contributed by atoms with Crippen LogP contribution in [-0.4, -0.2) is 55.5 Å². The minimum absolute atomic E-state index is 0.0376. The highest BCUT2D eigenvalue weighted by Gasteiger charge is 2.29. The number of alkyl carbamates (subject to hydrolysis) is 1. The Balaban J connectivity index is 1.47. The van der Waals surface area contributed by atoms with Crippen LogP contribution in [0.4, 0.5) is 4.79 Å². The molecular formula is C27H34N2O6. The molecule has 2 atom stereocenters. The molecule has 0 saturated carbocycles. The van der Waals surface area contributed by atoms with Gasteiger partial charge in [-0.05, 0) is 41.0 Å². The van der Waals surface area contributed by atoms with Crippen LogP contribution >= 0.6 is 0 Å². The van der Waals surface area contributed by atoms with Crippen LogP contribution in [0.15, 0.2) is 48.5 Å². The Morgan fingerprint density at radius 3 is 2.09 bits per heavy atom. The third-order valence-corrected chi connectivity index (χ3v) is 6.24. The van der Waals surface area contributed by atoms with Crippen molar-refractivity contribution in [2.45, 2.75) is 51.2 Å². The van der Waals surface area contributed by atoms with Crippen LogP contribution in [-0.2, 0) is 19.1 Å². The third kappa shape index (κ3) is 6.82. The van der Waals surface area contributed by atoms with Gasteiger partial charge in [-0.15, -0.1) is 0 Å². The monoisotopic (exact) mass is 482 g/mol. The van der Waals surface area contributed by atoms with Crippen molar-refractivity contribution in [3.8, 4) is 11.1 Å². The first-order valence-electron chi connectivity index (χ1n) is 12.0. The highest BCUT2D eigenvalue weighted by atomic mass is 16.5. The topological polar surface area (TPSA) is 114 Å². The number of carboxylic acids is 1.